The normalized spacial score (nSPS) is 20.7. The molecule has 2 aromatic rings. The van der Waals surface area contributed by atoms with E-state index < -0.39 is 0 Å². The number of hydrogen-bond donors (Lipinski definition) is 0. The summed E-state index contributed by atoms with van der Waals surface area (Å²) in [5, 5.41) is 9.05. The van der Waals surface area contributed by atoms with Crippen molar-refractivity contribution in [2.24, 2.45) is 7.05 Å². The van der Waals surface area contributed by atoms with Gasteiger partial charge in [0, 0.05) is 45.7 Å². The molecule has 1 aromatic heterocycles. The van der Waals surface area contributed by atoms with Gasteiger partial charge in [-0.25, -0.2) is 4.39 Å². The maximum Gasteiger partial charge on any atom is 0.146 e. The predicted octanol–water partition coefficient (Wildman–Crippen LogP) is 2.08. The molecule has 0 aliphatic carbocycles. The van der Waals surface area contributed by atoms with E-state index in [1.165, 1.54) is 6.07 Å². The molecule has 0 saturated carbocycles. The monoisotopic (exact) mass is 386 g/mol. The van der Waals surface area contributed by atoms with Crippen molar-refractivity contribution in [3.8, 4) is 0 Å². The third-order valence-corrected chi connectivity index (χ3v) is 6.21. The van der Waals surface area contributed by atoms with Crippen molar-refractivity contribution in [1.29, 1.82) is 0 Å². The fraction of sp³-hybridized carbons (Fsp3) is 0.619. The van der Waals surface area contributed by atoms with Gasteiger partial charge >= 0.3 is 0 Å². The first kappa shape index (κ1) is 19.5. The van der Waals surface area contributed by atoms with Gasteiger partial charge in [-0.05, 0) is 50.7 Å². The Morgan fingerprint density at radius 3 is 2.36 bits per heavy atom. The summed E-state index contributed by atoms with van der Waals surface area (Å²) in [5.74, 6) is 2.50. The number of halogens is 1. The van der Waals surface area contributed by atoms with Crippen LogP contribution < -0.4 is 0 Å². The summed E-state index contributed by atoms with van der Waals surface area (Å²) in [6.07, 6.45) is 2.16. The van der Waals surface area contributed by atoms with Crippen LogP contribution in [0.3, 0.4) is 0 Å². The summed E-state index contributed by atoms with van der Waals surface area (Å²) in [6.45, 7) is 8.16. The van der Waals surface area contributed by atoms with Gasteiger partial charge in [-0.2, -0.15) is 0 Å². The number of likely N-dealkylation sites (N-methyl/N-ethyl adjacent to an activating group) is 1. The van der Waals surface area contributed by atoms with E-state index in [-0.39, 0.29) is 5.82 Å². The standard InChI is InChI=1S/C21H31FN6/c1-25-10-12-28(13-11-25)16-20-23-24-21(26(20)2)18-6-8-27(9-7-18)15-17-4-3-5-19(22)14-17/h3-5,14,18H,6-13,15-16H2,1-2H3. The van der Waals surface area contributed by atoms with Gasteiger partial charge in [-0.1, -0.05) is 12.1 Å². The van der Waals surface area contributed by atoms with E-state index in [0.717, 1.165) is 82.4 Å². The second-order valence-electron chi connectivity index (χ2n) is 8.29. The Balaban J connectivity index is 1.31. The molecule has 4 rings (SSSR count). The average molecular weight is 387 g/mol. The number of nitrogens with zero attached hydrogens (tertiary/aromatic N) is 6. The number of likely N-dealkylation sites (tertiary alicyclic amines) is 1. The summed E-state index contributed by atoms with van der Waals surface area (Å²) >= 11 is 0. The fourth-order valence-electron chi connectivity index (χ4n) is 4.32. The predicted molar refractivity (Wildman–Crippen MR) is 107 cm³/mol. The van der Waals surface area contributed by atoms with Crippen molar-refractivity contribution >= 4 is 0 Å². The van der Waals surface area contributed by atoms with Crippen molar-refractivity contribution in [1.82, 2.24) is 29.5 Å². The first-order valence-corrected chi connectivity index (χ1v) is 10.3. The van der Waals surface area contributed by atoms with Crippen LogP contribution in [-0.4, -0.2) is 75.8 Å². The Hall–Kier alpha value is -1.83. The lowest BCUT2D eigenvalue weighted by Crippen LogP contribution is -2.44. The zero-order valence-corrected chi connectivity index (χ0v) is 17.0. The summed E-state index contributed by atoms with van der Waals surface area (Å²) in [4.78, 5) is 7.25. The molecule has 0 spiro atoms. The molecule has 0 N–H and O–H groups in total. The van der Waals surface area contributed by atoms with Crippen molar-refractivity contribution in [3.63, 3.8) is 0 Å². The Morgan fingerprint density at radius 1 is 0.929 bits per heavy atom. The lowest BCUT2D eigenvalue weighted by Gasteiger charge is -2.32. The van der Waals surface area contributed by atoms with Crippen LogP contribution >= 0.6 is 0 Å². The van der Waals surface area contributed by atoms with E-state index in [4.69, 9.17) is 0 Å². The van der Waals surface area contributed by atoms with Gasteiger partial charge in [0.2, 0.25) is 0 Å². The van der Waals surface area contributed by atoms with Crippen LogP contribution in [0.5, 0.6) is 0 Å². The maximum atomic E-state index is 13.4. The van der Waals surface area contributed by atoms with Crippen LogP contribution in [0, 0.1) is 5.82 Å². The topological polar surface area (TPSA) is 40.4 Å². The Labute approximate surface area is 166 Å². The number of piperazine rings is 1. The molecule has 2 aliphatic rings. The lowest BCUT2D eigenvalue weighted by molar-refractivity contribution is 0.144. The fourth-order valence-corrected chi connectivity index (χ4v) is 4.32. The quantitative estimate of drug-likeness (QED) is 0.787. The van der Waals surface area contributed by atoms with Crippen LogP contribution in [0.1, 0.15) is 36.0 Å². The number of piperidine rings is 1. The van der Waals surface area contributed by atoms with Gasteiger partial charge in [0.1, 0.15) is 17.5 Å². The van der Waals surface area contributed by atoms with E-state index in [9.17, 15) is 4.39 Å². The van der Waals surface area contributed by atoms with Crippen LogP contribution in [0.15, 0.2) is 24.3 Å². The van der Waals surface area contributed by atoms with Gasteiger partial charge < -0.3 is 9.47 Å². The van der Waals surface area contributed by atoms with Crippen molar-refractivity contribution in [2.75, 3.05) is 46.3 Å². The highest BCUT2D eigenvalue weighted by atomic mass is 19.1. The highest BCUT2D eigenvalue weighted by Gasteiger charge is 2.26. The van der Waals surface area contributed by atoms with Crippen LogP contribution in [0.4, 0.5) is 4.39 Å². The first-order valence-electron chi connectivity index (χ1n) is 10.3. The zero-order valence-electron chi connectivity index (χ0n) is 17.0. The highest BCUT2D eigenvalue weighted by Crippen LogP contribution is 2.28. The van der Waals surface area contributed by atoms with Gasteiger partial charge in [-0.3, -0.25) is 9.80 Å². The van der Waals surface area contributed by atoms with Crippen molar-refractivity contribution < 1.29 is 4.39 Å². The summed E-state index contributed by atoms with van der Waals surface area (Å²) in [6, 6.07) is 6.93. The Morgan fingerprint density at radius 2 is 1.64 bits per heavy atom. The molecule has 0 unspecified atom stereocenters. The van der Waals surface area contributed by atoms with E-state index in [0.29, 0.717) is 5.92 Å². The van der Waals surface area contributed by atoms with Crippen LogP contribution in [0.25, 0.3) is 0 Å². The van der Waals surface area contributed by atoms with Crippen LogP contribution in [0.2, 0.25) is 0 Å². The average Bonchev–Trinajstić information content (AvgIpc) is 3.05. The molecule has 1 aromatic carbocycles. The third-order valence-electron chi connectivity index (χ3n) is 6.21. The summed E-state index contributed by atoms with van der Waals surface area (Å²) in [5.41, 5.74) is 1.05. The van der Waals surface area contributed by atoms with E-state index in [1.54, 1.807) is 12.1 Å². The van der Waals surface area contributed by atoms with Crippen molar-refractivity contribution in [3.05, 3.63) is 47.3 Å². The molecular weight excluding hydrogens is 355 g/mol. The molecule has 7 heteroatoms. The SMILES string of the molecule is CN1CCN(Cc2nnc(C3CCN(Cc4cccc(F)c4)CC3)n2C)CC1. The van der Waals surface area contributed by atoms with Gasteiger partial charge in [0.05, 0.1) is 6.54 Å². The molecule has 2 fully saturated rings. The minimum atomic E-state index is -0.153. The largest absolute Gasteiger partial charge is 0.317 e. The molecule has 0 amide bonds. The molecule has 0 atom stereocenters. The van der Waals surface area contributed by atoms with Gasteiger partial charge in [0.15, 0.2) is 0 Å². The van der Waals surface area contributed by atoms with Crippen molar-refractivity contribution in [2.45, 2.75) is 31.8 Å². The number of hydrogen-bond acceptors (Lipinski definition) is 5. The molecule has 6 nitrogen and oxygen atoms in total. The van der Waals surface area contributed by atoms with Gasteiger partial charge in [0.25, 0.3) is 0 Å². The number of rotatable bonds is 5. The molecule has 0 bridgehead atoms. The van der Waals surface area contributed by atoms with E-state index in [2.05, 4.69) is 43.6 Å². The first-order chi connectivity index (χ1) is 13.6. The molecular formula is C21H31FN6. The molecule has 2 saturated heterocycles. The Kier molecular flexibility index (Phi) is 6.04. The third kappa shape index (κ3) is 4.59. The van der Waals surface area contributed by atoms with E-state index >= 15 is 0 Å². The number of aromatic nitrogens is 3. The Bertz CT molecular complexity index is 775. The highest BCUT2D eigenvalue weighted by molar-refractivity contribution is 5.16. The maximum absolute atomic E-state index is 13.4. The van der Waals surface area contributed by atoms with E-state index in [1.807, 2.05) is 6.07 Å². The minimum absolute atomic E-state index is 0.153. The molecule has 3 heterocycles. The second kappa shape index (κ2) is 8.68. The second-order valence-corrected chi connectivity index (χ2v) is 8.29. The zero-order chi connectivity index (χ0) is 19.5. The number of benzene rings is 1. The molecule has 2 aliphatic heterocycles. The van der Waals surface area contributed by atoms with Crippen LogP contribution in [-0.2, 0) is 20.1 Å². The molecule has 0 radical (unpaired) electrons. The smallest absolute Gasteiger partial charge is 0.146 e. The summed E-state index contributed by atoms with van der Waals surface area (Å²) in [7, 11) is 4.29. The summed E-state index contributed by atoms with van der Waals surface area (Å²) < 4.78 is 15.6. The molecule has 152 valence electrons. The van der Waals surface area contributed by atoms with Gasteiger partial charge in [-0.15, -0.1) is 10.2 Å². The minimum Gasteiger partial charge on any atom is -0.317 e. The molecule has 28 heavy (non-hydrogen) atoms. The lowest BCUT2D eigenvalue weighted by atomic mass is 9.95.